The van der Waals surface area contributed by atoms with Crippen LogP contribution in [-0.4, -0.2) is 13.2 Å². The molecule has 0 aliphatic rings. The van der Waals surface area contributed by atoms with Crippen LogP contribution in [0.4, 0.5) is 11.4 Å². The molecule has 2 rings (SSSR count). The number of anilines is 2. The van der Waals surface area contributed by atoms with Gasteiger partial charge < -0.3 is 20.9 Å². The Kier molecular flexibility index (Phi) is 8.02. The minimum Gasteiger partial charge on any atom is -0.491 e. The van der Waals surface area contributed by atoms with Gasteiger partial charge in [-0.3, -0.25) is 0 Å². The van der Waals surface area contributed by atoms with E-state index in [4.69, 9.17) is 20.9 Å². The van der Waals surface area contributed by atoms with Gasteiger partial charge in [0.1, 0.15) is 11.5 Å². The van der Waals surface area contributed by atoms with Gasteiger partial charge >= 0.3 is 0 Å². The van der Waals surface area contributed by atoms with Crippen molar-refractivity contribution in [3.63, 3.8) is 0 Å². The second-order valence-corrected chi connectivity index (χ2v) is 11.0. The van der Waals surface area contributed by atoms with Crippen LogP contribution in [0.25, 0.3) is 0 Å². The average Bonchev–Trinajstić information content (AvgIpc) is 2.44. The van der Waals surface area contributed by atoms with Gasteiger partial charge in [-0.1, -0.05) is 13.8 Å². The second kappa shape index (κ2) is 9.17. The molecule has 4 nitrogen and oxygen atoms in total. The summed E-state index contributed by atoms with van der Waals surface area (Å²) in [5.41, 5.74) is 13.1. The molecule has 0 heterocycles. The lowest BCUT2D eigenvalue weighted by Crippen LogP contribution is -2.29. The molecule has 136 valence electrons. The molecule has 2 aromatic rings. The summed E-state index contributed by atoms with van der Waals surface area (Å²) in [6, 6.07) is 7.67. The predicted octanol–water partition coefficient (Wildman–Crippen LogP) is 5.75. The van der Waals surface area contributed by atoms with Crippen molar-refractivity contribution in [3.8, 4) is 11.5 Å². The molecule has 0 spiro atoms. The van der Waals surface area contributed by atoms with E-state index in [-0.39, 0.29) is 5.41 Å². The van der Waals surface area contributed by atoms with E-state index in [9.17, 15) is 0 Å². The number of hydrogen-bond acceptors (Lipinski definition) is 4. The summed E-state index contributed by atoms with van der Waals surface area (Å²) >= 11 is 9.00. The van der Waals surface area contributed by atoms with Crippen LogP contribution in [0.15, 0.2) is 24.3 Å². The van der Waals surface area contributed by atoms with E-state index >= 15 is 0 Å². The fourth-order valence-electron chi connectivity index (χ4n) is 2.01. The van der Waals surface area contributed by atoms with Crippen molar-refractivity contribution in [3.05, 3.63) is 38.5 Å². The average molecular weight is 790 g/mol. The Balaban J connectivity index is 2.03. The van der Waals surface area contributed by atoms with Gasteiger partial charge in [-0.05, 0) is 115 Å². The molecule has 8 heteroatoms. The van der Waals surface area contributed by atoms with E-state index < -0.39 is 0 Å². The molecule has 0 aliphatic carbocycles. The largest absolute Gasteiger partial charge is 0.491 e. The zero-order chi connectivity index (χ0) is 18.8. The molecule has 0 unspecified atom stereocenters. The van der Waals surface area contributed by atoms with Crippen LogP contribution < -0.4 is 20.9 Å². The van der Waals surface area contributed by atoms with Crippen molar-refractivity contribution in [1.29, 1.82) is 0 Å². The Morgan fingerprint density at radius 3 is 1.28 bits per heavy atom. The van der Waals surface area contributed by atoms with Crippen molar-refractivity contribution >= 4 is 102 Å². The highest BCUT2D eigenvalue weighted by Gasteiger charge is 2.23. The topological polar surface area (TPSA) is 70.5 Å². The summed E-state index contributed by atoms with van der Waals surface area (Å²) in [7, 11) is 0. The highest BCUT2D eigenvalue weighted by Crippen LogP contribution is 2.33. The van der Waals surface area contributed by atoms with E-state index in [0.717, 1.165) is 37.2 Å². The Bertz CT molecular complexity index is 672. The Morgan fingerprint density at radius 1 is 0.720 bits per heavy atom. The van der Waals surface area contributed by atoms with Crippen LogP contribution in [0.3, 0.4) is 0 Å². The third-order valence-electron chi connectivity index (χ3n) is 3.26. The van der Waals surface area contributed by atoms with Crippen LogP contribution in [0.1, 0.15) is 13.8 Å². The third-order valence-corrected chi connectivity index (χ3v) is 6.46. The normalized spacial score (nSPS) is 11.4. The van der Waals surface area contributed by atoms with Crippen molar-refractivity contribution in [2.24, 2.45) is 5.41 Å². The van der Waals surface area contributed by atoms with E-state index in [0.29, 0.717) is 13.2 Å². The number of hydrogen-bond donors (Lipinski definition) is 2. The first-order valence-corrected chi connectivity index (χ1v) is 11.7. The molecule has 25 heavy (non-hydrogen) atoms. The summed E-state index contributed by atoms with van der Waals surface area (Å²) in [4.78, 5) is 0. The fraction of sp³-hybridized carbons (Fsp3) is 0.294. The molecule has 0 aromatic heterocycles. The number of halogens is 4. The highest BCUT2D eigenvalue weighted by molar-refractivity contribution is 14.1. The molecule has 0 saturated heterocycles. The lowest BCUT2D eigenvalue weighted by molar-refractivity contribution is 0.108. The van der Waals surface area contributed by atoms with E-state index in [2.05, 4.69) is 104 Å². The maximum absolute atomic E-state index is 6.08. The van der Waals surface area contributed by atoms with Crippen LogP contribution in [-0.2, 0) is 0 Å². The number of nitrogen functional groups attached to an aromatic ring is 2. The first kappa shape index (κ1) is 21.9. The highest BCUT2D eigenvalue weighted by atomic mass is 127. The Hall–Kier alpha value is 0.560. The molecule has 0 fully saturated rings. The predicted molar refractivity (Wildman–Crippen MR) is 137 cm³/mol. The molecule has 0 saturated carbocycles. The van der Waals surface area contributed by atoms with Crippen LogP contribution in [0.2, 0.25) is 0 Å². The van der Waals surface area contributed by atoms with Gasteiger partial charge in [-0.25, -0.2) is 0 Å². The van der Waals surface area contributed by atoms with Crippen molar-refractivity contribution < 1.29 is 9.47 Å². The third kappa shape index (κ3) is 6.30. The molecule has 2 aromatic carbocycles. The number of ether oxygens (including phenoxy) is 2. The molecular weight excluding hydrogens is 772 g/mol. The lowest BCUT2D eigenvalue weighted by Gasteiger charge is -2.26. The Morgan fingerprint density at radius 2 is 1.00 bits per heavy atom. The van der Waals surface area contributed by atoms with Crippen molar-refractivity contribution in [2.75, 3.05) is 24.7 Å². The second-order valence-electron chi connectivity index (χ2n) is 6.37. The summed E-state index contributed by atoms with van der Waals surface area (Å²) in [6.45, 7) is 5.35. The summed E-state index contributed by atoms with van der Waals surface area (Å²) in [6.07, 6.45) is 0. The summed E-state index contributed by atoms with van der Waals surface area (Å²) in [5, 5.41) is 0. The van der Waals surface area contributed by atoms with Crippen LogP contribution >= 0.6 is 90.4 Å². The van der Waals surface area contributed by atoms with Crippen molar-refractivity contribution in [2.45, 2.75) is 13.8 Å². The van der Waals surface area contributed by atoms with E-state index in [1.54, 1.807) is 0 Å². The first-order valence-electron chi connectivity index (χ1n) is 7.34. The smallest absolute Gasteiger partial charge is 0.146 e. The van der Waals surface area contributed by atoms with Gasteiger partial charge in [0.2, 0.25) is 0 Å². The standard InChI is InChI=1S/C17H18I4N2O2/c1-17(2,7-24-15-11(18)3-9(22)4-12(15)19)8-25-16-13(20)5-10(23)6-14(16)21/h3-6H,7-8,22-23H2,1-2H3. The zero-order valence-electron chi connectivity index (χ0n) is 13.7. The molecular formula is C17H18I4N2O2. The molecule has 4 N–H and O–H groups in total. The fourth-order valence-corrected chi connectivity index (χ4v) is 6.27. The summed E-state index contributed by atoms with van der Waals surface area (Å²) in [5.74, 6) is 1.75. The van der Waals surface area contributed by atoms with Gasteiger partial charge in [0.25, 0.3) is 0 Å². The van der Waals surface area contributed by atoms with Gasteiger partial charge in [0.15, 0.2) is 0 Å². The zero-order valence-corrected chi connectivity index (χ0v) is 22.3. The van der Waals surface area contributed by atoms with Gasteiger partial charge in [0.05, 0.1) is 27.5 Å². The Labute approximate surface area is 202 Å². The van der Waals surface area contributed by atoms with Gasteiger partial charge in [0, 0.05) is 16.8 Å². The number of benzene rings is 2. The van der Waals surface area contributed by atoms with Gasteiger partial charge in [-0.15, -0.1) is 0 Å². The molecule has 0 aliphatic heterocycles. The number of nitrogens with two attached hydrogens (primary N) is 2. The number of rotatable bonds is 6. The lowest BCUT2D eigenvalue weighted by atomic mass is 9.96. The monoisotopic (exact) mass is 790 g/mol. The van der Waals surface area contributed by atoms with Crippen LogP contribution in [0.5, 0.6) is 11.5 Å². The van der Waals surface area contributed by atoms with E-state index in [1.807, 2.05) is 24.3 Å². The first-order chi connectivity index (χ1) is 11.6. The maximum Gasteiger partial charge on any atom is 0.146 e. The van der Waals surface area contributed by atoms with Crippen LogP contribution in [0, 0.1) is 19.7 Å². The molecule has 0 atom stereocenters. The molecule has 0 radical (unpaired) electrons. The summed E-state index contributed by atoms with van der Waals surface area (Å²) < 4.78 is 16.2. The quantitative estimate of drug-likeness (QED) is 0.289. The van der Waals surface area contributed by atoms with E-state index in [1.165, 1.54) is 0 Å². The SMILES string of the molecule is CC(C)(COc1c(I)cc(N)cc1I)COc1c(I)cc(N)cc1I. The minimum atomic E-state index is -0.152. The maximum atomic E-state index is 6.08. The molecule has 0 amide bonds. The van der Waals surface area contributed by atoms with Gasteiger partial charge in [-0.2, -0.15) is 0 Å². The molecule has 0 bridgehead atoms. The minimum absolute atomic E-state index is 0.152. The van der Waals surface area contributed by atoms with Crippen molar-refractivity contribution in [1.82, 2.24) is 0 Å².